The van der Waals surface area contributed by atoms with Crippen LogP contribution in [-0.2, 0) is 6.54 Å². The van der Waals surface area contributed by atoms with E-state index in [1.54, 1.807) is 0 Å². The fourth-order valence-corrected chi connectivity index (χ4v) is 2.52. The van der Waals surface area contributed by atoms with Crippen molar-refractivity contribution in [3.8, 4) is 0 Å². The van der Waals surface area contributed by atoms with Crippen LogP contribution >= 0.6 is 0 Å². The molecule has 0 aliphatic heterocycles. The van der Waals surface area contributed by atoms with Gasteiger partial charge in [0.15, 0.2) is 0 Å². The molecular formula is C17H23NO. The predicted molar refractivity (Wildman–Crippen MR) is 79.5 cm³/mol. The van der Waals surface area contributed by atoms with E-state index >= 15 is 0 Å². The van der Waals surface area contributed by atoms with Crippen LogP contribution in [0.3, 0.4) is 0 Å². The maximum absolute atomic E-state index is 5.98. The largest absolute Gasteiger partial charge is 0.459 e. The van der Waals surface area contributed by atoms with Gasteiger partial charge < -0.3 is 9.73 Å². The Balaban J connectivity index is 1.90. The second-order valence-corrected chi connectivity index (χ2v) is 5.87. The normalized spacial score (nSPS) is 17.0. The molecule has 1 aromatic heterocycles. The van der Waals surface area contributed by atoms with E-state index in [0.29, 0.717) is 5.92 Å². The lowest BCUT2D eigenvalue weighted by molar-refractivity contribution is 0.509. The molecule has 0 amide bonds. The lowest BCUT2D eigenvalue weighted by Crippen LogP contribution is -2.15. The summed E-state index contributed by atoms with van der Waals surface area (Å²) in [6.45, 7) is 7.56. The third-order valence-electron chi connectivity index (χ3n) is 4.37. The van der Waals surface area contributed by atoms with Crippen LogP contribution in [0, 0.1) is 6.92 Å². The summed E-state index contributed by atoms with van der Waals surface area (Å²) in [6, 6.07) is 7.37. The number of furan rings is 1. The van der Waals surface area contributed by atoms with E-state index in [2.05, 4.69) is 44.3 Å². The molecular weight excluding hydrogens is 234 g/mol. The molecule has 102 valence electrons. The molecule has 1 aromatic carbocycles. The Morgan fingerprint density at radius 1 is 1.37 bits per heavy atom. The van der Waals surface area contributed by atoms with Crippen molar-refractivity contribution < 1.29 is 4.42 Å². The SMILES string of the molecule is CCC(C)c1ccc2oc(CNC3CC3)c(C)c2c1. The highest BCUT2D eigenvalue weighted by molar-refractivity contribution is 5.82. The average molecular weight is 257 g/mol. The zero-order valence-electron chi connectivity index (χ0n) is 12.1. The summed E-state index contributed by atoms with van der Waals surface area (Å²) in [5, 5.41) is 4.81. The predicted octanol–water partition coefficient (Wildman–Crippen LogP) is 4.51. The quantitative estimate of drug-likeness (QED) is 0.852. The van der Waals surface area contributed by atoms with Crippen LogP contribution in [0.1, 0.15) is 55.9 Å². The summed E-state index contributed by atoms with van der Waals surface area (Å²) >= 11 is 0. The standard InChI is InChI=1S/C17H23NO/c1-4-11(2)13-5-8-16-15(9-13)12(3)17(19-16)10-18-14-6-7-14/h5,8-9,11,14,18H,4,6-7,10H2,1-3H3. The van der Waals surface area contributed by atoms with Gasteiger partial charge in [-0.1, -0.05) is 19.9 Å². The van der Waals surface area contributed by atoms with Gasteiger partial charge in [-0.05, 0) is 55.4 Å². The Hall–Kier alpha value is -1.28. The Bertz CT molecular complexity index is 580. The molecule has 1 N–H and O–H groups in total. The van der Waals surface area contributed by atoms with Crippen LogP contribution in [0.2, 0.25) is 0 Å². The molecule has 1 unspecified atom stereocenters. The number of nitrogens with one attached hydrogen (secondary N) is 1. The van der Waals surface area contributed by atoms with Crippen LogP contribution in [0.4, 0.5) is 0 Å². The molecule has 1 heterocycles. The number of hydrogen-bond donors (Lipinski definition) is 1. The van der Waals surface area contributed by atoms with Crippen molar-refractivity contribution in [3.05, 3.63) is 35.1 Å². The summed E-state index contributed by atoms with van der Waals surface area (Å²) in [5.74, 6) is 1.72. The summed E-state index contributed by atoms with van der Waals surface area (Å²) in [5.41, 5.74) is 3.74. The Labute approximate surface area is 115 Å². The second-order valence-electron chi connectivity index (χ2n) is 5.87. The van der Waals surface area contributed by atoms with Gasteiger partial charge in [-0.3, -0.25) is 0 Å². The zero-order valence-corrected chi connectivity index (χ0v) is 12.1. The minimum atomic E-state index is 0.617. The highest BCUT2D eigenvalue weighted by Crippen LogP contribution is 2.30. The first-order valence-corrected chi connectivity index (χ1v) is 7.44. The van der Waals surface area contributed by atoms with Gasteiger partial charge in [0, 0.05) is 11.4 Å². The van der Waals surface area contributed by atoms with E-state index in [1.165, 1.54) is 35.8 Å². The molecule has 1 atom stereocenters. The highest BCUT2D eigenvalue weighted by Gasteiger charge is 2.21. The van der Waals surface area contributed by atoms with Gasteiger partial charge >= 0.3 is 0 Å². The highest BCUT2D eigenvalue weighted by atomic mass is 16.3. The van der Waals surface area contributed by atoms with Gasteiger partial charge in [0.05, 0.1) is 6.54 Å². The summed E-state index contributed by atoms with van der Waals surface area (Å²) in [6.07, 6.45) is 3.81. The zero-order chi connectivity index (χ0) is 13.4. The molecule has 0 radical (unpaired) electrons. The van der Waals surface area contributed by atoms with E-state index < -0.39 is 0 Å². The monoisotopic (exact) mass is 257 g/mol. The first-order chi connectivity index (χ1) is 9.19. The fourth-order valence-electron chi connectivity index (χ4n) is 2.52. The molecule has 2 heteroatoms. The molecule has 19 heavy (non-hydrogen) atoms. The van der Waals surface area contributed by atoms with Crippen molar-refractivity contribution in [1.82, 2.24) is 5.32 Å². The molecule has 1 aliphatic carbocycles. The smallest absolute Gasteiger partial charge is 0.134 e. The molecule has 0 bridgehead atoms. The number of aryl methyl sites for hydroxylation is 1. The van der Waals surface area contributed by atoms with Gasteiger partial charge in [0.1, 0.15) is 11.3 Å². The van der Waals surface area contributed by atoms with E-state index in [4.69, 9.17) is 4.42 Å². The minimum absolute atomic E-state index is 0.617. The molecule has 3 rings (SSSR count). The van der Waals surface area contributed by atoms with Gasteiger partial charge in [0.2, 0.25) is 0 Å². The van der Waals surface area contributed by atoms with Crippen molar-refractivity contribution in [2.45, 2.75) is 58.5 Å². The lowest BCUT2D eigenvalue weighted by atomic mass is 9.97. The first kappa shape index (κ1) is 12.7. The van der Waals surface area contributed by atoms with Crippen LogP contribution in [0.5, 0.6) is 0 Å². The van der Waals surface area contributed by atoms with Crippen LogP contribution in [-0.4, -0.2) is 6.04 Å². The third-order valence-corrected chi connectivity index (χ3v) is 4.37. The van der Waals surface area contributed by atoms with E-state index in [-0.39, 0.29) is 0 Å². The van der Waals surface area contributed by atoms with Crippen molar-refractivity contribution >= 4 is 11.0 Å². The van der Waals surface area contributed by atoms with Crippen LogP contribution in [0.25, 0.3) is 11.0 Å². The van der Waals surface area contributed by atoms with E-state index in [9.17, 15) is 0 Å². The van der Waals surface area contributed by atoms with Gasteiger partial charge in [-0.15, -0.1) is 0 Å². The van der Waals surface area contributed by atoms with Crippen molar-refractivity contribution in [2.75, 3.05) is 0 Å². The maximum Gasteiger partial charge on any atom is 0.134 e. The van der Waals surface area contributed by atoms with Crippen LogP contribution in [0.15, 0.2) is 22.6 Å². The van der Waals surface area contributed by atoms with Gasteiger partial charge in [-0.25, -0.2) is 0 Å². The number of fused-ring (bicyclic) bond motifs is 1. The van der Waals surface area contributed by atoms with E-state index in [1.807, 2.05) is 0 Å². The lowest BCUT2D eigenvalue weighted by Gasteiger charge is -2.08. The van der Waals surface area contributed by atoms with Gasteiger partial charge in [0.25, 0.3) is 0 Å². The van der Waals surface area contributed by atoms with Crippen molar-refractivity contribution in [3.63, 3.8) is 0 Å². The van der Waals surface area contributed by atoms with Crippen molar-refractivity contribution in [2.24, 2.45) is 0 Å². The van der Waals surface area contributed by atoms with E-state index in [0.717, 1.165) is 23.9 Å². The maximum atomic E-state index is 5.98. The van der Waals surface area contributed by atoms with Crippen molar-refractivity contribution in [1.29, 1.82) is 0 Å². The number of hydrogen-bond acceptors (Lipinski definition) is 2. The molecule has 2 nitrogen and oxygen atoms in total. The molecule has 2 aromatic rings. The Kier molecular flexibility index (Phi) is 3.36. The summed E-state index contributed by atoms with van der Waals surface area (Å²) in [4.78, 5) is 0. The average Bonchev–Trinajstić information content (AvgIpc) is 3.21. The number of rotatable bonds is 5. The Morgan fingerprint density at radius 3 is 2.84 bits per heavy atom. The van der Waals surface area contributed by atoms with Gasteiger partial charge in [-0.2, -0.15) is 0 Å². The summed E-state index contributed by atoms with van der Waals surface area (Å²) < 4.78 is 5.98. The first-order valence-electron chi connectivity index (χ1n) is 7.44. The topological polar surface area (TPSA) is 25.2 Å². The third kappa shape index (κ3) is 2.55. The minimum Gasteiger partial charge on any atom is -0.459 e. The molecule has 1 saturated carbocycles. The molecule has 0 saturated heterocycles. The number of benzene rings is 1. The fraction of sp³-hybridized carbons (Fsp3) is 0.529. The Morgan fingerprint density at radius 2 is 2.16 bits per heavy atom. The second kappa shape index (κ2) is 5.01. The molecule has 1 aliphatic rings. The molecule has 1 fully saturated rings. The van der Waals surface area contributed by atoms with Crippen LogP contribution < -0.4 is 5.32 Å². The molecule has 0 spiro atoms. The summed E-state index contributed by atoms with van der Waals surface area (Å²) in [7, 11) is 0.